The molecule has 0 aromatic rings. The van der Waals surface area contributed by atoms with Crippen LogP contribution in [0, 0.1) is 0 Å². The van der Waals surface area contributed by atoms with Gasteiger partial charge in [-0.2, -0.15) is 0 Å². The van der Waals surface area contributed by atoms with E-state index in [1.54, 1.807) is 0 Å². The minimum absolute atomic E-state index is 0.0700. The molecule has 1 N–H and O–H groups in total. The van der Waals surface area contributed by atoms with Crippen molar-refractivity contribution in [2.75, 3.05) is 32.7 Å². The topological polar surface area (TPSA) is 35.6 Å². The number of piperazine rings is 1. The Morgan fingerprint density at radius 1 is 1.41 bits per heavy atom. The van der Waals surface area contributed by atoms with Gasteiger partial charge < -0.3 is 10.2 Å². The van der Waals surface area contributed by atoms with Gasteiger partial charge in [-0.05, 0) is 32.7 Å². The second kappa shape index (κ2) is 5.83. The average Bonchev–Trinajstić information content (AvgIpc) is 3.19. The smallest absolute Gasteiger partial charge is 0.239 e. The molecule has 1 aliphatic heterocycles. The number of nitrogens with one attached hydrogen (secondary N) is 1. The zero-order chi connectivity index (χ0) is 12.3. The molecular formula is C13H25N3O. The van der Waals surface area contributed by atoms with Crippen molar-refractivity contribution in [2.24, 2.45) is 0 Å². The van der Waals surface area contributed by atoms with Crippen LogP contribution in [0.1, 0.15) is 33.1 Å². The number of hydrogen-bond acceptors (Lipinski definition) is 3. The van der Waals surface area contributed by atoms with Gasteiger partial charge in [0.2, 0.25) is 5.91 Å². The van der Waals surface area contributed by atoms with Crippen LogP contribution in [-0.4, -0.2) is 60.5 Å². The predicted octanol–water partition coefficient (Wildman–Crippen LogP) is 0.681. The highest BCUT2D eigenvalue weighted by Crippen LogP contribution is 2.29. The molecule has 0 aromatic heterocycles. The molecule has 2 fully saturated rings. The number of amides is 1. The Bertz CT molecular complexity index is 259. The van der Waals surface area contributed by atoms with E-state index in [0.29, 0.717) is 11.9 Å². The predicted molar refractivity (Wildman–Crippen MR) is 68.9 cm³/mol. The minimum atomic E-state index is 0.0700. The van der Waals surface area contributed by atoms with Gasteiger partial charge in [0.05, 0.1) is 6.04 Å². The summed E-state index contributed by atoms with van der Waals surface area (Å²) in [7, 11) is 0. The molecule has 4 heteroatoms. The summed E-state index contributed by atoms with van der Waals surface area (Å²) in [6, 6.07) is 0.748. The lowest BCUT2D eigenvalue weighted by Crippen LogP contribution is -2.53. The van der Waals surface area contributed by atoms with Crippen LogP contribution in [0.5, 0.6) is 0 Å². The van der Waals surface area contributed by atoms with Gasteiger partial charge in [-0.1, -0.05) is 6.92 Å². The number of hydrogen-bond donors (Lipinski definition) is 1. The molecule has 0 spiro atoms. The summed E-state index contributed by atoms with van der Waals surface area (Å²) in [5.74, 6) is 0.326. The lowest BCUT2D eigenvalue weighted by molar-refractivity contribution is -0.137. The molecular weight excluding hydrogens is 214 g/mol. The Labute approximate surface area is 104 Å². The quantitative estimate of drug-likeness (QED) is 0.766. The van der Waals surface area contributed by atoms with E-state index >= 15 is 0 Å². The first kappa shape index (κ1) is 12.8. The largest absolute Gasteiger partial charge is 0.339 e. The molecule has 1 saturated heterocycles. The Kier molecular flexibility index (Phi) is 4.40. The van der Waals surface area contributed by atoms with E-state index in [0.717, 1.165) is 39.1 Å². The molecule has 1 aliphatic carbocycles. The molecule has 0 aromatic carbocycles. The van der Waals surface area contributed by atoms with Gasteiger partial charge >= 0.3 is 0 Å². The van der Waals surface area contributed by atoms with Gasteiger partial charge in [0, 0.05) is 32.2 Å². The summed E-state index contributed by atoms with van der Waals surface area (Å²) in [6.07, 6.45) is 3.69. The maximum atomic E-state index is 12.4. The zero-order valence-corrected chi connectivity index (χ0v) is 11.1. The SMILES string of the molecule is CCCN(C1CC1)C(C)C(=O)N1CCNCC1. The maximum absolute atomic E-state index is 12.4. The fourth-order valence-electron chi connectivity index (χ4n) is 2.65. The third-order valence-corrected chi connectivity index (χ3v) is 3.78. The van der Waals surface area contributed by atoms with Gasteiger partial charge in [0.15, 0.2) is 0 Å². The molecule has 1 unspecified atom stereocenters. The molecule has 98 valence electrons. The van der Waals surface area contributed by atoms with Crippen molar-refractivity contribution in [2.45, 2.75) is 45.2 Å². The Morgan fingerprint density at radius 2 is 2.06 bits per heavy atom. The van der Waals surface area contributed by atoms with Crippen molar-refractivity contribution in [3.05, 3.63) is 0 Å². The molecule has 2 rings (SSSR count). The van der Waals surface area contributed by atoms with Gasteiger partial charge in [0.1, 0.15) is 0 Å². The van der Waals surface area contributed by atoms with Crippen molar-refractivity contribution >= 4 is 5.91 Å². The normalized spacial score (nSPS) is 22.9. The number of rotatable bonds is 5. The van der Waals surface area contributed by atoms with Gasteiger partial charge in [0.25, 0.3) is 0 Å². The van der Waals surface area contributed by atoms with Gasteiger partial charge in [-0.25, -0.2) is 0 Å². The fraction of sp³-hybridized carbons (Fsp3) is 0.923. The first-order chi connectivity index (χ1) is 8.24. The molecule has 1 heterocycles. The van der Waals surface area contributed by atoms with Crippen molar-refractivity contribution in [1.29, 1.82) is 0 Å². The number of carbonyl (C=O) groups is 1. The highest BCUT2D eigenvalue weighted by molar-refractivity contribution is 5.81. The zero-order valence-electron chi connectivity index (χ0n) is 11.1. The number of nitrogens with zero attached hydrogens (tertiary/aromatic N) is 2. The Hall–Kier alpha value is -0.610. The van der Waals surface area contributed by atoms with Crippen LogP contribution >= 0.6 is 0 Å². The molecule has 17 heavy (non-hydrogen) atoms. The third-order valence-electron chi connectivity index (χ3n) is 3.78. The molecule has 2 aliphatic rings. The van der Waals surface area contributed by atoms with E-state index in [9.17, 15) is 4.79 Å². The average molecular weight is 239 g/mol. The summed E-state index contributed by atoms with van der Waals surface area (Å²) < 4.78 is 0. The standard InChI is InChI=1S/C13H25N3O/c1-3-8-16(12-4-5-12)11(2)13(17)15-9-6-14-7-10-15/h11-12,14H,3-10H2,1-2H3. The van der Waals surface area contributed by atoms with Crippen LogP contribution in [0.3, 0.4) is 0 Å². The summed E-state index contributed by atoms with van der Waals surface area (Å²) in [5, 5.41) is 3.29. The third kappa shape index (κ3) is 3.19. The Balaban J connectivity index is 1.91. The van der Waals surface area contributed by atoms with Gasteiger partial charge in [-0.3, -0.25) is 9.69 Å². The second-order valence-electron chi connectivity index (χ2n) is 5.22. The lowest BCUT2D eigenvalue weighted by atomic mass is 10.2. The van der Waals surface area contributed by atoms with Crippen LogP contribution in [0.4, 0.5) is 0 Å². The minimum Gasteiger partial charge on any atom is -0.339 e. The van der Waals surface area contributed by atoms with Crippen LogP contribution in [0.25, 0.3) is 0 Å². The first-order valence-electron chi connectivity index (χ1n) is 6.99. The molecule has 4 nitrogen and oxygen atoms in total. The summed E-state index contributed by atoms with van der Waals surface area (Å²) >= 11 is 0. The molecule has 0 bridgehead atoms. The first-order valence-corrected chi connectivity index (χ1v) is 6.99. The lowest BCUT2D eigenvalue weighted by Gasteiger charge is -2.34. The highest BCUT2D eigenvalue weighted by Gasteiger charge is 2.35. The molecule has 1 atom stereocenters. The van der Waals surface area contributed by atoms with Crippen LogP contribution in [-0.2, 0) is 4.79 Å². The van der Waals surface area contributed by atoms with E-state index in [4.69, 9.17) is 0 Å². The van der Waals surface area contributed by atoms with Gasteiger partial charge in [-0.15, -0.1) is 0 Å². The van der Waals surface area contributed by atoms with E-state index in [-0.39, 0.29) is 6.04 Å². The van der Waals surface area contributed by atoms with Crippen molar-refractivity contribution in [3.8, 4) is 0 Å². The van der Waals surface area contributed by atoms with Crippen molar-refractivity contribution < 1.29 is 4.79 Å². The maximum Gasteiger partial charge on any atom is 0.239 e. The van der Waals surface area contributed by atoms with E-state index < -0.39 is 0 Å². The monoisotopic (exact) mass is 239 g/mol. The molecule has 0 radical (unpaired) electrons. The van der Waals surface area contributed by atoms with E-state index in [1.165, 1.54) is 12.8 Å². The molecule has 1 amide bonds. The summed E-state index contributed by atoms with van der Waals surface area (Å²) in [6.45, 7) is 8.95. The fourth-order valence-corrected chi connectivity index (χ4v) is 2.65. The second-order valence-corrected chi connectivity index (χ2v) is 5.22. The summed E-state index contributed by atoms with van der Waals surface area (Å²) in [4.78, 5) is 16.8. The van der Waals surface area contributed by atoms with Crippen molar-refractivity contribution in [3.63, 3.8) is 0 Å². The molecule has 1 saturated carbocycles. The van der Waals surface area contributed by atoms with E-state index in [2.05, 4.69) is 24.1 Å². The highest BCUT2D eigenvalue weighted by atomic mass is 16.2. The van der Waals surface area contributed by atoms with Crippen molar-refractivity contribution in [1.82, 2.24) is 15.1 Å². The Morgan fingerprint density at radius 3 is 2.59 bits per heavy atom. The summed E-state index contributed by atoms with van der Waals surface area (Å²) in [5.41, 5.74) is 0. The number of carbonyl (C=O) groups excluding carboxylic acids is 1. The van der Waals surface area contributed by atoms with Crippen LogP contribution in [0.2, 0.25) is 0 Å². The van der Waals surface area contributed by atoms with E-state index in [1.807, 2.05) is 4.90 Å². The van der Waals surface area contributed by atoms with Crippen LogP contribution < -0.4 is 5.32 Å². The van der Waals surface area contributed by atoms with Crippen LogP contribution in [0.15, 0.2) is 0 Å².